The zero-order valence-corrected chi connectivity index (χ0v) is 14.0. The molecule has 0 fully saturated rings. The number of hydrogen-bond donors (Lipinski definition) is 1. The summed E-state index contributed by atoms with van der Waals surface area (Å²) < 4.78 is 0.967. The predicted octanol–water partition coefficient (Wildman–Crippen LogP) is 4.52. The van der Waals surface area contributed by atoms with E-state index in [1.165, 1.54) is 11.1 Å². The maximum Gasteiger partial charge on any atom is 0.161 e. The Morgan fingerprint density at radius 2 is 1.85 bits per heavy atom. The van der Waals surface area contributed by atoms with E-state index in [1.807, 2.05) is 0 Å². The molecule has 4 heteroatoms. The fourth-order valence-corrected chi connectivity index (χ4v) is 2.62. The normalized spacial score (nSPS) is 10.7. The molecule has 2 rings (SSSR count). The quantitative estimate of drug-likeness (QED) is 0.893. The highest BCUT2D eigenvalue weighted by Crippen LogP contribution is 2.28. The monoisotopic (exact) mass is 333 g/mol. The molecule has 20 heavy (non-hydrogen) atoms. The smallest absolute Gasteiger partial charge is 0.161 e. The molecule has 0 saturated heterocycles. The number of halogens is 1. The third-order valence-corrected chi connectivity index (χ3v) is 4.20. The third-order valence-electron chi connectivity index (χ3n) is 3.36. The second-order valence-electron chi connectivity index (χ2n) is 4.84. The summed E-state index contributed by atoms with van der Waals surface area (Å²) in [6.07, 6.45) is 0.874. The number of aryl methyl sites for hydroxylation is 3. The Morgan fingerprint density at radius 1 is 1.10 bits per heavy atom. The second-order valence-corrected chi connectivity index (χ2v) is 5.63. The van der Waals surface area contributed by atoms with E-state index in [1.54, 1.807) is 0 Å². The van der Waals surface area contributed by atoms with Crippen LogP contribution in [0.25, 0.3) is 11.4 Å². The lowest BCUT2D eigenvalue weighted by atomic mass is 10.1. The average Bonchev–Trinajstić information content (AvgIpc) is 2.44. The summed E-state index contributed by atoms with van der Waals surface area (Å²) in [5.74, 6) is 1.65. The van der Waals surface area contributed by atoms with E-state index >= 15 is 0 Å². The van der Waals surface area contributed by atoms with Crippen LogP contribution in [0.3, 0.4) is 0 Å². The molecule has 0 spiro atoms. The van der Waals surface area contributed by atoms with Crippen molar-refractivity contribution < 1.29 is 0 Å². The summed E-state index contributed by atoms with van der Waals surface area (Å²) >= 11 is 3.59. The van der Waals surface area contributed by atoms with Crippen molar-refractivity contribution in [3.63, 3.8) is 0 Å². The third kappa shape index (κ3) is 3.01. The maximum absolute atomic E-state index is 4.68. The van der Waals surface area contributed by atoms with Crippen LogP contribution >= 0.6 is 15.9 Å². The van der Waals surface area contributed by atoms with Crippen molar-refractivity contribution in [3.8, 4) is 11.4 Å². The first-order valence-corrected chi connectivity index (χ1v) is 7.74. The number of aromatic nitrogens is 2. The highest BCUT2D eigenvalue weighted by Gasteiger charge is 2.12. The molecule has 3 nitrogen and oxygen atoms in total. The maximum atomic E-state index is 4.68. The SMILES string of the molecule is CCNc1nc(-c2ccc(C)c(C)c2)nc(CC)c1Br. The van der Waals surface area contributed by atoms with E-state index in [0.29, 0.717) is 0 Å². The summed E-state index contributed by atoms with van der Waals surface area (Å²) in [5.41, 5.74) is 4.64. The highest BCUT2D eigenvalue weighted by molar-refractivity contribution is 9.10. The van der Waals surface area contributed by atoms with Crippen molar-refractivity contribution in [2.45, 2.75) is 34.1 Å². The lowest BCUT2D eigenvalue weighted by Crippen LogP contribution is -2.06. The van der Waals surface area contributed by atoms with Crippen molar-refractivity contribution in [1.82, 2.24) is 9.97 Å². The van der Waals surface area contributed by atoms with E-state index in [9.17, 15) is 0 Å². The molecule has 106 valence electrons. The van der Waals surface area contributed by atoms with Gasteiger partial charge < -0.3 is 5.32 Å². The summed E-state index contributed by atoms with van der Waals surface area (Å²) in [7, 11) is 0. The molecule has 1 aromatic heterocycles. The van der Waals surface area contributed by atoms with Crippen LogP contribution in [-0.2, 0) is 6.42 Å². The van der Waals surface area contributed by atoms with Crippen LogP contribution in [-0.4, -0.2) is 16.5 Å². The van der Waals surface area contributed by atoms with Gasteiger partial charge in [0.25, 0.3) is 0 Å². The van der Waals surface area contributed by atoms with Gasteiger partial charge in [-0.25, -0.2) is 9.97 Å². The van der Waals surface area contributed by atoms with Crippen LogP contribution < -0.4 is 5.32 Å². The molecule has 0 unspecified atom stereocenters. The molecule has 2 aromatic rings. The number of hydrogen-bond acceptors (Lipinski definition) is 3. The van der Waals surface area contributed by atoms with Crippen molar-refractivity contribution in [2.75, 3.05) is 11.9 Å². The van der Waals surface area contributed by atoms with Crippen LogP contribution in [0.4, 0.5) is 5.82 Å². The first kappa shape index (κ1) is 15.0. The van der Waals surface area contributed by atoms with E-state index in [4.69, 9.17) is 0 Å². The standard InChI is InChI=1S/C16H20BrN3/c1-5-13-14(17)16(18-6-2)20-15(19-13)12-8-7-10(3)11(4)9-12/h7-9H,5-6H2,1-4H3,(H,18,19,20). The minimum Gasteiger partial charge on any atom is -0.369 e. The zero-order chi connectivity index (χ0) is 14.7. The molecule has 0 aliphatic carbocycles. The van der Waals surface area contributed by atoms with Crippen LogP contribution in [0, 0.1) is 13.8 Å². The van der Waals surface area contributed by atoms with Crippen LogP contribution in [0.15, 0.2) is 22.7 Å². The van der Waals surface area contributed by atoms with E-state index in [-0.39, 0.29) is 0 Å². The Bertz CT molecular complexity index is 623. The van der Waals surface area contributed by atoms with Gasteiger partial charge in [0.15, 0.2) is 5.82 Å². The van der Waals surface area contributed by atoms with Crippen molar-refractivity contribution in [1.29, 1.82) is 0 Å². The average molecular weight is 334 g/mol. The molecule has 0 amide bonds. The van der Waals surface area contributed by atoms with Crippen molar-refractivity contribution in [3.05, 3.63) is 39.5 Å². The van der Waals surface area contributed by atoms with Gasteiger partial charge in [0, 0.05) is 12.1 Å². The molecule has 0 atom stereocenters. The van der Waals surface area contributed by atoms with Gasteiger partial charge in [-0.1, -0.05) is 19.1 Å². The molecule has 0 aliphatic rings. The topological polar surface area (TPSA) is 37.8 Å². The fourth-order valence-electron chi connectivity index (χ4n) is 2.02. The van der Waals surface area contributed by atoms with Crippen molar-refractivity contribution >= 4 is 21.7 Å². The van der Waals surface area contributed by atoms with Gasteiger partial charge in [0.1, 0.15) is 5.82 Å². The summed E-state index contributed by atoms with van der Waals surface area (Å²) in [5, 5.41) is 3.29. The first-order chi connectivity index (χ1) is 9.56. The molecular weight excluding hydrogens is 314 g/mol. The Hall–Kier alpha value is -1.42. The van der Waals surface area contributed by atoms with Crippen LogP contribution in [0.1, 0.15) is 30.7 Å². The molecular formula is C16H20BrN3. The molecule has 0 radical (unpaired) electrons. The van der Waals surface area contributed by atoms with E-state index in [0.717, 1.165) is 40.3 Å². The zero-order valence-electron chi connectivity index (χ0n) is 12.4. The molecule has 1 heterocycles. The van der Waals surface area contributed by atoms with E-state index < -0.39 is 0 Å². The van der Waals surface area contributed by atoms with Crippen LogP contribution in [0.2, 0.25) is 0 Å². The molecule has 1 aromatic carbocycles. The van der Waals surface area contributed by atoms with Crippen LogP contribution in [0.5, 0.6) is 0 Å². The van der Waals surface area contributed by atoms with Gasteiger partial charge >= 0.3 is 0 Å². The molecule has 0 aliphatic heterocycles. The number of benzene rings is 1. The van der Waals surface area contributed by atoms with Gasteiger partial charge in [-0.15, -0.1) is 0 Å². The summed E-state index contributed by atoms with van der Waals surface area (Å²) in [6.45, 7) is 9.24. The second kappa shape index (κ2) is 6.35. The van der Waals surface area contributed by atoms with Gasteiger partial charge in [-0.2, -0.15) is 0 Å². The van der Waals surface area contributed by atoms with Gasteiger partial charge in [-0.05, 0) is 60.3 Å². The lowest BCUT2D eigenvalue weighted by Gasteiger charge is -2.12. The molecule has 0 bridgehead atoms. The van der Waals surface area contributed by atoms with E-state index in [2.05, 4.69) is 77.1 Å². The Kier molecular flexibility index (Phi) is 4.76. The lowest BCUT2D eigenvalue weighted by molar-refractivity contribution is 0.983. The van der Waals surface area contributed by atoms with Gasteiger partial charge in [0.2, 0.25) is 0 Å². The minimum atomic E-state index is 0.782. The van der Waals surface area contributed by atoms with Gasteiger partial charge in [-0.3, -0.25) is 0 Å². The number of anilines is 1. The highest BCUT2D eigenvalue weighted by atomic mass is 79.9. The predicted molar refractivity (Wildman–Crippen MR) is 88.2 cm³/mol. The fraction of sp³-hybridized carbons (Fsp3) is 0.375. The Labute approximate surface area is 129 Å². The number of nitrogens with one attached hydrogen (secondary N) is 1. The number of nitrogens with zero attached hydrogens (tertiary/aromatic N) is 2. The summed E-state index contributed by atoms with van der Waals surface area (Å²) in [4.78, 5) is 9.32. The largest absolute Gasteiger partial charge is 0.369 e. The number of rotatable bonds is 4. The van der Waals surface area contributed by atoms with Crippen molar-refractivity contribution in [2.24, 2.45) is 0 Å². The summed E-state index contributed by atoms with van der Waals surface area (Å²) in [6, 6.07) is 6.35. The Morgan fingerprint density at radius 3 is 2.45 bits per heavy atom. The minimum absolute atomic E-state index is 0.782. The van der Waals surface area contributed by atoms with Gasteiger partial charge in [0.05, 0.1) is 10.2 Å². The molecule has 0 saturated carbocycles. The Balaban J connectivity index is 2.55. The molecule has 1 N–H and O–H groups in total. The first-order valence-electron chi connectivity index (χ1n) is 6.94.